The maximum absolute atomic E-state index is 14.0. The van der Waals surface area contributed by atoms with Crippen LogP contribution in [0.25, 0.3) is 0 Å². The Balaban J connectivity index is 2.50. The number of carbonyl (C=O) groups excluding carboxylic acids is 3. The lowest BCUT2D eigenvalue weighted by molar-refractivity contribution is -0.141. The number of hydrogen-bond donors (Lipinski definition) is 2. The first-order chi connectivity index (χ1) is 18.2. The van der Waals surface area contributed by atoms with Gasteiger partial charge in [-0.3, -0.25) is 9.59 Å². The Bertz CT molecular complexity index is 1120. The van der Waals surface area contributed by atoms with Crippen molar-refractivity contribution < 1.29 is 23.9 Å². The minimum atomic E-state index is -0.915. The minimum absolute atomic E-state index is 0.271. The number of alkyl carbamates (subject to hydrolysis) is 1. The number of nitrogens with zero attached hydrogens (tertiary/aromatic N) is 1. The molecule has 0 aliphatic rings. The molecule has 0 aliphatic carbocycles. The highest BCUT2D eigenvalue weighted by molar-refractivity contribution is 5.98. The summed E-state index contributed by atoms with van der Waals surface area (Å²) in [6.45, 7) is 15.1. The van der Waals surface area contributed by atoms with E-state index in [0.717, 1.165) is 23.1 Å². The summed E-state index contributed by atoms with van der Waals surface area (Å²) in [6.07, 6.45) is 0.897. The Kier molecular flexibility index (Phi) is 11.4. The third kappa shape index (κ3) is 9.61. The largest absolute Gasteiger partial charge is 0.497 e. The molecule has 0 aromatic heterocycles. The first-order valence-electron chi connectivity index (χ1n) is 13.5. The third-order valence-electron chi connectivity index (χ3n) is 6.53. The summed E-state index contributed by atoms with van der Waals surface area (Å²) in [6, 6.07) is 11.6. The smallest absolute Gasteiger partial charge is 0.408 e. The van der Waals surface area contributed by atoms with Crippen LogP contribution in [0, 0.1) is 19.8 Å². The average molecular weight is 540 g/mol. The van der Waals surface area contributed by atoms with Crippen molar-refractivity contribution in [3.63, 3.8) is 0 Å². The van der Waals surface area contributed by atoms with Crippen LogP contribution in [0.4, 0.5) is 10.5 Å². The van der Waals surface area contributed by atoms with Crippen LogP contribution < -0.4 is 15.4 Å². The highest BCUT2D eigenvalue weighted by Gasteiger charge is 2.36. The fourth-order valence-electron chi connectivity index (χ4n) is 4.28. The summed E-state index contributed by atoms with van der Waals surface area (Å²) in [5.74, 6) is 0.395. The molecule has 3 amide bonds. The molecule has 8 heteroatoms. The van der Waals surface area contributed by atoms with E-state index in [-0.39, 0.29) is 24.4 Å². The van der Waals surface area contributed by atoms with Crippen molar-refractivity contribution in [1.82, 2.24) is 10.2 Å². The number of benzene rings is 2. The first-order valence-corrected chi connectivity index (χ1v) is 13.5. The molecule has 2 rings (SSSR count). The lowest BCUT2D eigenvalue weighted by Crippen LogP contribution is -2.50. The van der Waals surface area contributed by atoms with E-state index in [4.69, 9.17) is 9.47 Å². The molecule has 0 radical (unpaired) electrons. The number of amides is 3. The number of aryl methyl sites for hydroxylation is 1. The fourth-order valence-corrected chi connectivity index (χ4v) is 4.28. The minimum Gasteiger partial charge on any atom is -0.497 e. The van der Waals surface area contributed by atoms with Gasteiger partial charge < -0.3 is 25.0 Å². The fraction of sp³-hybridized carbons (Fsp3) is 0.516. The molecule has 214 valence electrons. The molecule has 8 nitrogen and oxygen atoms in total. The van der Waals surface area contributed by atoms with E-state index < -0.39 is 17.7 Å². The van der Waals surface area contributed by atoms with Gasteiger partial charge in [0.2, 0.25) is 5.91 Å². The number of nitrogens with one attached hydrogen (secondary N) is 2. The summed E-state index contributed by atoms with van der Waals surface area (Å²) in [7, 11) is 1.58. The maximum Gasteiger partial charge on any atom is 0.408 e. The van der Waals surface area contributed by atoms with Crippen LogP contribution in [0.3, 0.4) is 0 Å². The number of hydrogen-bond acceptors (Lipinski definition) is 5. The number of rotatable bonds is 11. The van der Waals surface area contributed by atoms with Crippen LogP contribution >= 0.6 is 0 Å². The molecular weight excluding hydrogens is 494 g/mol. The van der Waals surface area contributed by atoms with Gasteiger partial charge in [-0.25, -0.2) is 4.79 Å². The van der Waals surface area contributed by atoms with Crippen LogP contribution in [-0.4, -0.2) is 48.1 Å². The van der Waals surface area contributed by atoms with Gasteiger partial charge in [-0.2, -0.15) is 0 Å². The van der Waals surface area contributed by atoms with Crippen LogP contribution in [0.5, 0.6) is 5.75 Å². The summed E-state index contributed by atoms with van der Waals surface area (Å²) < 4.78 is 10.6. The molecule has 0 spiro atoms. The highest BCUT2D eigenvalue weighted by Crippen LogP contribution is 2.31. The molecule has 2 atom stereocenters. The summed E-state index contributed by atoms with van der Waals surface area (Å²) in [5, 5.41) is 5.56. The lowest BCUT2D eigenvalue weighted by Gasteiger charge is -2.37. The van der Waals surface area contributed by atoms with Gasteiger partial charge in [0.1, 0.15) is 23.9 Å². The SMILES string of the molecule is COc1ccc(NC(=O)C(c2cccc(C)c2C)N(C(=O)CNC(=O)OC(C)(C)C)C(C)CCC(C)C)cc1. The van der Waals surface area contributed by atoms with Crippen molar-refractivity contribution in [3.05, 3.63) is 59.2 Å². The zero-order valence-corrected chi connectivity index (χ0v) is 24.9. The number of ether oxygens (including phenoxy) is 2. The van der Waals surface area contributed by atoms with Gasteiger partial charge in [-0.1, -0.05) is 32.0 Å². The highest BCUT2D eigenvalue weighted by atomic mass is 16.6. The normalized spacial score (nSPS) is 12.9. The predicted molar refractivity (Wildman–Crippen MR) is 155 cm³/mol. The molecule has 2 N–H and O–H groups in total. The second-order valence-electron chi connectivity index (χ2n) is 11.4. The van der Waals surface area contributed by atoms with Gasteiger partial charge in [-0.05, 0) is 101 Å². The molecule has 0 fully saturated rings. The average Bonchev–Trinajstić information content (AvgIpc) is 2.85. The predicted octanol–water partition coefficient (Wildman–Crippen LogP) is 6.17. The van der Waals surface area contributed by atoms with Crippen LogP contribution in [0.15, 0.2) is 42.5 Å². The summed E-state index contributed by atoms with van der Waals surface area (Å²) in [4.78, 5) is 41.8. The van der Waals surface area contributed by atoms with Gasteiger partial charge in [0, 0.05) is 11.7 Å². The Labute approximate surface area is 233 Å². The monoisotopic (exact) mass is 539 g/mol. The van der Waals surface area contributed by atoms with Crippen molar-refractivity contribution in [3.8, 4) is 5.75 Å². The van der Waals surface area contributed by atoms with Gasteiger partial charge in [0.05, 0.1) is 7.11 Å². The molecule has 0 saturated heterocycles. The second-order valence-corrected chi connectivity index (χ2v) is 11.4. The third-order valence-corrected chi connectivity index (χ3v) is 6.53. The van der Waals surface area contributed by atoms with E-state index in [0.29, 0.717) is 23.8 Å². The molecule has 0 bridgehead atoms. The van der Waals surface area contributed by atoms with E-state index in [1.165, 1.54) is 0 Å². The van der Waals surface area contributed by atoms with Gasteiger partial charge in [0.25, 0.3) is 5.91 Å². The van der Waals surface area contributed by atoms with Crippen molar-refractivity contribution in [2.24, 2.45) is 5.92 Å². The van der Waals surface area contributed by atoms with E-state index >= 15 is 0 Å². The molecule has 0 heterocycles. The molecular formula is C31H45N3O5. The molecule has 0 saturated carbocycles. The van der Waals surface area contributed by atoms with Crippen molar-refractivity contribution in [1.29, 1.82) is 0 Å². The maximum atomic E-state index is 14.0. The molecule has 39 heavy (non-hydrogen) atoms. The van der Waals surface area contributed by atoms with Crippen molar-refractivity contribution in [2.75, 3.05) is 19.0 Å². The van der Waals surface area contributed by atoms with E-state index in [1.807, 2.05) is 39.0 Å². The molecule has 2 unspecified atom stereocenters. The number of methoxy groups -OCH3 is 1. The topological polar surface area (TPSA) is 97.0 Å². The van der Waals surface area contributed by atoms with E-state index in [2.05, 4.69) is 24.5 Å². The number of carbonyl (C=O) groups is 3. The van der Waals surface area contributed by atoms with Gasteiger partial charge >= 0.3 is 6.09 Å². The van der Waals surface area contributed by atoms with Crippen LogP contribution in [0.1, 0.15) is 77.1 Å². The summed E-state index contributed by atoms with van der Waals surface area (Å²) in [5.41, 5.74) is 2.58. The Morgan fingerprint density at radius 2 is 1.59 bits per heavy atom. The van der Waals surface area contributed by atoms with E-state index in [9.17, 15) is 14.4 Å². The van der Waals surface area contributed by atoms with Crippen molar-refractivity contribution >= 4 is 23.6 Å². The lowest BCUT2D eigenvalue weighted by atomic mass is 9.93. The molecule has 2 aromatic carbocycles. The molecule has 2 aromatic rings. The second kappa shape index (κ2) is 14.0. The van der Waals surface area contributed by atoms with E-state index in [1.54, 1.807) is 57.0 Å². The Morgan fingerprint density at radius 1 is 0.949 bits per heavy atom. The number of anilines is 1. The molecule has 0 aliphatic heterocycles. The zero-order valence-electron chi connectivity index (χ0n) is 24.9. The first kappa shape index (κ1) is 31.7. The summed E-state index contributed by atoms with van der Waals surface area (Å²) >= 11 is 0. The Hall–Kier alpha value is -3.55. The zero-order chi connectivity index (χ0) is 29.3. The van der Waals surface area contributed by atoms with Crippen LogP contribution in [0.2, 0.25) is 0 Å². The Morgan fingerprint density at radius 3 is 2.15 bits per heavy atom. The van der Waals surface area contributed by atoms with Crippen molar-refractivity contribution in [2.45, 2.75) is 85.9 Å². The van der Waals surface area contributed by atoms with Crippen LogP contribution in [-0.2, 0) is 14.3 Å². The van der Waals surface area contributed by atoms with Gasteiger partial charge in [0.15, 0.2) is 0 Å². The standard InChI is InChI=1S/C31H45N3O5/c1-20(2)13-14-22(4)34(27(35)19-32-30(37)39-31(6,7)8)28(26-12-10-11-21(3)23(26)5)29(36)33-24-15-17-25(38-9)18-16-24/h10-12,15-18,20,22,28H,13-14,19H2,1-9H3,(H,32,37)(H,33,36). The quantitative estimate of drug-likeness (QED) is 0.356. The van der Waals surface area contributed by atoms with Gasteiger partial charge in [-0.15, -0.1) is 0 Å².